The Kier molecular flexibility index (Phi) is 4.72. The molecule has 0 saturated heterocycles. The third-order valence-electron chi connectivity index (χ3n) is 4.66. The van der Waals surface area contributed by atoms with Crippen molar-refractivity contribution in [3.8, 4) is 23.0 Å². The Labute approximate surface area is 176 Å². The van der Waals surface area contributed by atoms with Crippen LogP contribution in [0.5, 0.6) is 11.5 Å². The quantitative estimate of drug-likeness (QED) is 0.491. The van der Waals surface area contributed by atoms with Gasteiger partial charge in [-0.2, -0.15) is 0 Å². The Morgan fingerprint density at radius 3 is 2.68 bits per heavy atom. The van der Waals surface area contributed by atoms with Gasteiger partial charge in [-0.05, 0) is 36.4 Å². The van der Waals surface area contributed by atoms with Gasteiger partial charge in [0, 0.05) is 11.8 Å². The van der Waals surface area contributed by atoms with Crippen LogP contribution in [0, 0.1) is 0 Å². The third-order valence-corrected chi connectivity index (χ3v) is 4.66. The van der Waals surface area contributed by atoms with Gasteiger partial charge in [-0.3, -0.25) is 4.79 Å². The maximum absolute atomic E-state index is 12.7. The molecule has 2 heterocycles. The highest BCUT2D eigenvalue weighted by Crippen LogP contribution is 2.34. The highest BCUT2D eigenvalue weighted by atomic mass is 16.7. The molecule has 8 nitrogen and oxygen atoms in total. The van der Waals surface area contributed by atoms with Crippen LogP contribution < -0.4 is 14.8 Å². The van der Waals surface area contributed by atoms with Gasteiger partial charge in [0.1, 0.15) is 5.52 Å². The van der Waals surface area contributed by atoms with Crippen molar-refractivity contribution in [3.05, 3.63) is 72.3 Å². The van der Waals surface area contributed by atoms with E-state index in [1.807, 2.05) is 18.2 Å². The summed E-state index contributed by atoms with van der Waals surface area (Å²) in [6.45, 7) is -0.307. The molecule has 1 aliphatic rings. The second-order valence-corrected chi connectivity index (χ2v) is 6.72. The van der Waals surface area contributed by atoms with E-state index in [0.29, 0.717) is 39.7 Å². The summed E-state index contributed by atoms with van der Waals surface area (Å²) >= 11 is 0. The summed E-state index contributed by atoms with van der Waals surface area (Å²) in [6, 6.07) is 19.1. The molecule has 1 amide bonds. The molecule has 1 aromatic heterocycles. The van der Waals surface area contributed by atoms with Crippen molar-refractivity contribution in [1.29, 1.82) is 0 Å². The van der Waals surface area contributed by atoms with Gasteiger partial charge < -0.3 is 23.9 Å². The molecular formula is C23H16N2O6. The average Bonchev–Trinajstić information content (AvgIpc) is 3.44. The molecule has 4 aromatic rings. The number of amides is 1. The summed E-state index contributed by atoms with van der Waals surface area (Å²) in [6.07, 6.45) is 0. The molecule has 0 saturated carbocycles. The van der Waals surface area contributed by atoms with E-state index in [-0.39, 0.29) is 12.4 Å². The van der Waals surface area contributed by atoms with E-state index >= 15 is 0 Å². The normalized spacial score (nSPS) is 12.0. The Balaban J connectivity index is 1.28. The predicted octanol–water partition coefficient (Wildman–Crippen LogP) is 4.02. The first kappa shape index (κ1) is 18.7. The number of anilines is 1. The van der Waals surface area contributed by atoms with E-state index in [1.165, 1.54) is 0 Å². The molecule has 1 N–H and O–H groups in total. The van der Waals surface area contributed by atoms with E-state index < -0.39 is 18.5 Å². The average molecular weight is 416 g/mol. The molecule has 154 valence electrons. The lowest BCUT2D eigenvalue weighted by Crippen LogP contribution is -2.21. The van der Waals surface area contributed by atoms with Crippen LogP contribution in [-0.2, 0) is 9.53 Å². The second-order valence-electron chi connectivity index (χ2n) is 6.72. The van der Waals surface area contributed by atoms with Crippen LogP contribution in [0.25, 0.3) is 22.6 Å². The van der Waals surface area contributed by atoms with Crippen LogP contribution in [-0.4, -0.2) is 30.3 Å². The van der Waals surface area contributed by atoms with E-state index in [1.54, 1.807) is 48.5 Å². The number of nitrogens with one attached hydrogen (secondary N) is 1. The van der Waals surface area contributed by atoms with Gasteiger partial charge in [0.15, 0.2) is 23.7 Å². The Bertz CT molecular complexity index is 1260. The summed E-state index contributed by atoms with van der Waals surface area (Å²) < 4.78 is 21.5. The van der Waals surface area contributed by atoms with Crippen molar-refractivity contribution in [2.75, 3.05) is 18.7 Å². The summed E-state index contributed by atoms with van der Waals surface area (Å²) in [7, 11) is 0. The van der Waals surface area contributed by atoms with Crippen LogP contribution >= 0.6 is 0 Å². The van der Waals surface area contributed by atoms with Crippen molar-refractivity contribution < 1.29 is 28.2 Å². The lowest BCUT2D eigenvalue weighted by Gasteiger charge is -2.09. The lowest BCUT2D eigenvalue weighted by molar-refractivity contribution is -0.119. The predicted molar refractivity (Wildman–Crippen MR) is 111 cm³/mol. The van der Waals surface area contributed by atoms with E-state index in [2.05, 4.69) is 10.3 Å². The topological polar surface area (TPSA) is 99.9 Å². The molecule has 0 aliphatic carbocycles. The number of carbonyl (C=O) groups is 2. The van der Waals surface area contributed by atoms with Crippen LogP contribution in [0.4, 0.5) is 5.69 Å². The first-order valence-electron chi connectivity index (χ1n) is 9.49. The van der Waals surface area contributed by atoms with Crippen LogP contribution in [0.1, 0.15) is 10.4 Å². The van der Waals surface area contributed by atoms with Crippen LogP contribution in [0.2, 0.25) is 0 Å². The number of hydrogen-bond acceptors (Lipinski definition) is 7. The van der Waals surface area contributed by atoms with E-state index in [4.69, 9.17) is 18.6 Å². The highest BCUT2D eigenvalue weighted by Gasteiger charge is 2.19. The molecule has 0 spiro atoms. The molecular weight excluding hydrogens is 400 g/mol. The lowest BCUT2D eigenvalue weighted by atomic mass is 10.1. The fraction of sp³-hybridized carbons (Fsp3) is 0.0870. The molecule has 0 unspecified atom stereocenters. The first-order chi connectivity index (χ1) is 15.2. The van der Waals surface area contributed by atoms with Gasteiger partial charge in [0.2, 0.25) is 12.7 Å². The minimum absolute atomic E-state index is 0.143. The first-order valence-corrected chi connectivity index (χ1v) is 9.49. The monoisotopic (exact) mass is 416 g/mol. The van der Waals surface area contributed by atoms with Gasteiger partial charge in [-0.25, -0.2) is 9.78 Å². The number of oxazole rings is 1. The maximum Gasteiger partial charge on any atom is 0.339 e. The zero-order valence-corrected chi connectivity index (χ0v) is 16.2. The van der Waals surface area contributed by atoms with E-state index in [0.717, 1.165) is 0 Å². The highest BCUT2D eigenvalue weighted by molar-refractivity contribution is 5.99. The van der Waals surface area contributed by atoms with Crippen LogP contribution in [0.15, 0.2) is 71.1 Å². The fourth-order valence-corrected chi connectivity index (χ4v) is 3.22. The molecule has 1 aliphatic heterocycles. The molecule has 0 radical (unpaired) electrons. The zero-order valence-electron chi connectivity index (χ0n) is 16.2. The molecule has 8 heteroatoms. The number of benzene rings is 3. The largest absolute Gasteiger partial charge is 0.454 e. The van der Waals surface area contributed by atoms with Crippen molar-refractivity contribution in [2.45, 2.75) is 0 Å². The summed E-state index contributed by atoms with van der Waals surface area (Å²) in [5, 5.41) is 2.66. The number of hydrogen-bond donors (Lipinski definition) is 1. The molecule has 0 fully saturated rings. The zero-order chi connectivity index (χ0) is 21.2. The summed E-state index contributed by atoms with van der Waals surface area (Å²) in [5.41, 5.74) is 2.55. The number of para-hydroxylation sites is 2. The standard InChI is InChI=1S/C23H16N2O6/c26-21(24-14-9-10-19-20(11-14)30-13-29-19)12-28-23(27)16-6-2-1-5-15(16)22-25-17-7-3-4-8-18(17)31-22/h1-11H,12-13H2,(H,24,26). The number of carbonyl (C=O) groups excluding carboxylic acids is 2. The number of rotatable bonds is 5. The number of fused-ring (bicyclic) bond motifs is 2. The molecule has 3 aromatic carbocycles. The Morgan fingerprint density at radius 2 is 1.77 bits per heavy atom. The summed E-state index contributed by atoms with van der Waals surface area (Å²) in [5.74, 6) is 0.325. The second kappa shape index (κ2) is 7.83. The van der Waals surface area contributed by atoms with Crippen molar-refractivity contribution in [3.63, 3.8) is 0 Å². The fourth-order valence-electron chi connectivity index (χ4n) is 3.22. The molecule has 31 heavy (non-hydrogen) atoms. The van der Waals surface area contributed by atoms with Crippen molar-refractivity contribution in [1.82, 2.24) is 4.98 Å². The van der Waals surface area contributed by atoms with Gasteiger partial charge in [0.25, 0.3) is 5.91 Å². The van der Waals surface area contributed by atoms with Gasteiger partial charge in [0.05, 0.1) is 11.1 Å². The van der Waals surface area contributed by atoms with Gasteiger partial charge >= 0.3 is 5.97 Å². The molecule has 0 bridgehead atoms. The minimum Gasteiger partial charge on any atom is -0.454 e. The van der Waals surface area contributed by atoms with Gasteiger partial charge in [-0.1, -0.05) is 24.3 Å². The number of ether oxygens (including phenoxy) is 3. The maximum atomic E-state index is 12.7. The number of esters is 1. The summed E-state index contributed by atoms with van der Waals surface area (Å²) in [4.78, 5) is 29.3. The number of aromatic nitrogens is 1. The Morgan fingerprint density at radius 1 is 0.968 bits per heavy atom. The van der Waals surface area contributed by atoms with Crippen molar-refractivity contribution >= 4 is 28.7 Å². The Hall–Kier alpha value is -4.33. The van der Waals surface area contributed by atoms with Gasteiger partial charge in [-0.15, -0.1) is 0 Å². The molecule has 5 rings (SSSR count). The minimum atomic E-state index is -0.654. The third kappa shape index (κ3) is 3.78. The smallest absolute Gasteiger partial charge is 0.339 e. The van der Waals surface area contributed by atoms with E-state index in [9.17, 15) is 9.59 Å². The van der Waals surface area contributed by atoms with Crippen molar-refractivity contribution in [2.24, 2.45) is 0 Å². The SMILES string of the molecule is O=C(COC(=O)c1ccccc1-c1nc2ccccc2o1)Nc1ccc2c(c1)OCO2. The molecule has 0 atom stereocenters. The number of nitrogens with zero attached hydrogens (tertiary/aromatic N) is 1. The van der Waals surface area contributed by atoms with Crippen LogP contribution in [0.3, 0.4) is 0 Å².